The Hall–Kier alpha value is -2.08. The van der Waals surface area contributed by atoms with E-state index in [9.17, 15) is 4.79 Å². The van der Waals surface area contributed by atoms with Crippen LogP contribution in [0.3, 0.4) is 0 Å². The lowest BCUT2D eigenvalue weighted by Crippen LogP contribution is -2.40. The Labute approximate surface area is 141 Å². The number of thiazole rings is 1. The van der Waals surface area contributed by atoms with Crippen LogP contribution < -0.4 is 10.1 Å². The van der Waals surface area contributed by atoms with Gasteiger partial charge in [-0.2, -0.15) is 0 Å². The maximum Gasteiger partial charge on any atom is 0.317 e. The Morgan fingerprint density at radius 1 is 1.26 bits per heavy atom. The van der Waals surface area contributed by atoms with Crippen LogP contribution in [0.15, 0.2) is 29.6 Å². The van der Waals surface area contributed by atoms with Crippen molar-refractivity contribution in [3.63, 3.8) is 0 Å². The number of amides is 2. The average molecular weight is 333 g/mol. The number of carbonyl (C=O) groups excluding carboxylic acids is 1. The molecule has 1 aromatic carbocycles. The first-order valence-electron chi connectivity index (χ1n) is 7.79. The molecular weight excluding hydrogens is 310 g/mol. The Bertz CT molecular complexity index is 621. The molecule has 124 valence electrons. The third-order valence-corrected chi connectivity index (χ3v) is 4.54. The fraction of sp³-hybridized carbons (Fsp3) is 0.412. The second-order valence-corrected chi connectivity index (χ2v) is 5.88. The first kappa shape index (κ1) is 17.3. The lowest BCUT2D eigenvalue weighted by molar-refractivity contribution is 0.203. The van der Waals surface area contributed by atoms with Crippen molar-refractivity contribution in [3.8, 4) is 16.3 Å². The Balaban J connectivity index is 1.88. The summed E-state index contributed by atoms with van der Waals surface area (Å²) in [5, 5.41) is 5.96. The van der Waals surface area contributed by atoms with E-state index in [1.54, 1.807) is 23.3 Å². The zero-order chi connectivity index (χ0) is 16.7. The molecule has 2 rings (SSSR count). The highest BCUT2D eigenvalue weighted by Crippen LogP contribution is 2.25. The molecular formula is C17H23N3O2S. The van der Waals surface area contributed by atoms with Crippen LogP contribution in [0.2, 0.25) is 0 Å². The molecule has 0 spiro atoms. The van der Waals surface area contributed by atoms with Crippen LogP contribution in [0.5, 0.6) is 5.75 Å². The molecule has 0 saturated heterocycles. The van der Waals surface area contributed by atoms with Gasteiger partial charge in [0.15, 0.2) is 0 Å². The maximum absolute atomic E-state index is 11.9. The van der Waals surface area contributed by atoms with Gasteiger partial charge in [-0.1, -0.05) is 0 Å². The van der Waals surface area contributed by atoms with Gasteiger partial charge < -0.3 is 15.0 Å². The van der Waals surface area contributed by atoms with E-state index in [0.717, 1.165) is 41.5 Å². The number of hydrogen-bond donors (Lipinski definition) is 1. The molecule has 0 unspecified atom stereocenters. The standard InChI is InChI=1S/C17H23N3O2S/c1-4-20(5-2)17(21)18-11-10-14-12-23-16(19-14)13-6-8-15(22-3)9-7-13/h6-9,12H,4-5,10-11H2,1-3H3,(H,18,21). The van der Waals surface area contributed by atoms with Crippen molar-refractivity contribution in [1.29, 1.82) is 0 Å². The number of carbonyl (C=O) groups is 1. The predicted octanol–water partition coefficient (Wildman–Crippen LogP) is 3.41. The Morgan fingerprint density at radius 3 is 2.57 bits per heavy atom. The molecule has 2 amide bonds. The summed E-state index contributed by atoms with van der Waals surface area (Å²) in [4.78, 5) is 18.3. The molecule has 6 heteroatoms. The van der Waals surface area contributed by atoms with Crippen LogP contribution in [0.4, 0.5) is 4.79 Å². The first-order valence-corrected chi connectivity index (χ1v) is 8.67. The van der Waals surface area contributed by atoms with Gasteiger partial charge in [-0.05, 0) is 38.1 Å². The second kappa shape index (κ2) is 8.53. The molecule has 0 aliphatic heterocycles. The number of methoxy groups -OCH3 is 1. The largest absolute Gasteiger partial charge is 0.497 e. The minimum atomic E-state index is -0.0133. The highest BCUT2D eigenvalue weighted by atomic mass is 32.1. The van der Waals surface area contributed by atoms with Gasteiger partial charge in [0.2, 0.25) is 0 Å². The molecule has 1 heterocycles. The SMILES string of the molecule is CCN(CC)C(=O)NCCc1csc(-c2ccc(OC)cc2)n1. The van der Waals surface area contributed by atoms with Crippen molar-refractivity contribution in [2.24, 2.45) is 0 Å². The quantitative estimate of drug-likeness (QED) is 0.845. The number of nitrogens with zero attached hydrogens (tertiary/aromatic N) is 2. The van der Waals surface area contributed by atoms with Crippen LogP contribution in [0, 0.1) is 0 Å². The van der Waals surface area contributed by atoms with Gasteiger partial charge in [0.1, 0.15) is 10.8 Å². The Kier molecular flexibility index (Phi) is 6.40. The zero-order valence-corrected chi connectivity index (χ0v) is 14.7. The van der Waals surface area contributed by atoms with Crippen molar-refractivity contribution in [1.82, 2.24) is 15.2 Å². The molecule has 0 atom stereocenters. The molecule has 0 saturated carbocycles. The monoisotopic (exact) mass is 333 g/mol. The molecule has 0 aliphatic carbocycles. The fourth-order valence-corrected chi connectivity index (χ4v) is 3.07. The molecule has 1 aromatic heterocycles. The second-order valence-electron chi connectivity index (χ2n) is 5.03. The van der Waals surface area contributed by atoms with Gasteiger partial charge >= 0.3 is 6.03 Å². The van der Waals surface area contributed by atoms with E-state index in [1.807, 2.05) is 43.5 Å². The van der Waals surface area contributed by atoms with E-state index in [1.165, 1.54) is 0 Å². The minimum absolute atomic E-state index is 0.0133. The summed E-state index contributed by atoms with van der Waals surface area (Å²) in [7, 11) is 1.66. The molecule has 23 heavy (non-hydrogen) atoms. The fourth-order valence-electron chi connectivity index (χ4n) is 2.21. The number of benzene rings is 1. The van der Waals surface area contributed by atoms with Gasteiger partial charge in [-0.3, -0.25) is 0 Å². The van der Waals surface area contributed by atoms with Crippen molar-refractivity contribution >= 4 is 17.4 Å². The average Bonchev–Trinajstić information content (AvgIpc) is 3.05. The zero-order valence-electron chi connectivity index (χ0n) is 13.8. The summed E-state index contributed by atoms with van der Waals surface area (Å²) in [6.45, 7) is 6.00. The number of ether oxygens (including phenoxy) is 1. The number of hydrogen-bond acceptors (Lipinski definition) is 4. The van der Waals surface area contributed by atoms with E-state index >= 15 is 0 Å². The number of nitrogens with one attached hydrogen (secondary N) is 1. The lowest BCUT2D eigenvalue weighted by atomic mass is 10.2. The van der Waals surface area contributed by atoms with Gasteiger partial charge in [0, 0.05) is 37.0 Å². The Morgan fingerprint density at radius 2 is 1.96 bits per heavy atom. The van der Waals surface area contributed by atoms with Crippen LogP contribution in [0.1, 0.15) is 19.5 Å². The van der Waals surface area contributed by atoms with Crippen molar-refractivity contribution in [3.05, 3.63) is 35.3 Å². The molecule has 0 aliphatic rings. The van der Waals surface area contributed by atoms with Gasteiger partial charge in [0.25, 0.3) is 0 Å². The smallest absolute Gasteiger partial charge is 0.317 e. The summed E-state index contributed by atoms with van der Waals surface area (Å²) in [5.41, 5.74) is 2.08. The van der Waals surface area contributed by atoms with Crippen LogP contribution in [-0.4, -0.2) is 42.7 Å². The van der Waals surface area contributed by atoms with E-state index in [4.69, 9.17) is 4.74 Å². The van der Waals surface area contributed by atoms with Crippen molar-refractivity contribution in [2.75, 3.05) is 26.7 Å². The minimum Gasteiger partial charge on any atom is -0.497 e. The molecule has 1 N–H and O–H groups in total. The van der Waals surface area contributed by atoms with Crippen molar-refractivity contribution in [2.45, 2.75) is 20.3 Å². The summed E-state index contributed by atoms with van der Waals surface area (Å²) in [6.07, 6.45) is 0.736. The van der Waals surface area contributed by atoms with Crippen LogP contribution >= 0.6 is 11.3 Å². The van der Waals surface area contributed by atoms with Crippen LogP contribution in [-0.2, 0) is 6.42 Å². The highest BCUT2D eigenvalue weighted by Gasteiger charge is 2.09. The lowest BCUT2D eigenvalue weighted by Gasteiger charge is -2.18. The van der Waals surface area contributed by atoms with E-state index < -0.39 is 0 Å². The van der Waals surface area contributed by atoms with E-state index in [-0.39, 0.29) is 6.03 Å². The van der Waals surface area contributed by atoms with E-state index in [2.05, 4.69) is 10.3 Å². The molecule has 0 bridgehead atoms. The first-order chi connectivity index (χ1) is 11.2. The number of urea groups is 1. The molecule has 0 fully saturated rings. The van der Waals surface area contributed by atoms with Crippen molar-refractivity contribution < 1.29 is 9.53 Å². The summed E-state index contributed by atoms with van der Waals surface area (Å²) < 4.78 is 5.16. The van der Waals surface area contributed by atoms with Crippen LogP contribution in [0.25, 0.3) is 10.6 Å². The third kappa shape index (κ3) is 4.69. The third-order valence-electron chi connectivity index (χ3n) is 3.60. The van der Waals surface area contributed by atoms with E-state index in [0.29, 0.717) is 6.54 Å². The molecule has 5 nitrogen and oxygen atoms in total. The summed E-state index contributed by atoms with van der Waals surface area (Å²) in [6, 6.07) is 7.86. The summed E-state index contributed by atoms with van der Waals surface area (Å²) in [5.74, 6) is 0.838. The highest BCUT2D eigenvalue weighted by molar-refractivity contribution is 7.13. The maximum atomic E-state index is 11.9. The molecule has 0 radical (unpaired) electrons. The number of aromatic nitrogens is 1. The summed E-state index contributed by atoms with van der Waals surface area (Å²) >= 11 is 1.62. The van der Waals surface area contributed by atoms with Gasteiger partial charge in [-0.15, -0.1) is 11.3 Å². The van der Waals surface area contributed by atoms with Gasteiger partial charge in [-0.25, -0.2) is 9.78 Å². The number of rotatable bonds is 7. The topological polar surface area (TPSA) is 54.5 Å². The normalized spacial score (nSPS) is 10.4. The predicted molar refractivity (Wildman–Crippen MR) is 94.1 cm³/mol. The molecule has 2 aromatic rings. The van der Waals surface area contributed by atoms with Gasteiger partial charge in [0.05, 0.1) is 12.8 Å².